The number of nitrogens with one attached hydrogen (secondary N) is 2. The van der Waals surface area contributed by atoms with E-state index in [-0.39, 0.29) is 0 Å². The molecule has 1 aromatic heterocycles. The van der Waals surface area contributed by atoms with Crippen LogP contribution in [0.15, 0.2) is 41.7 Å². The Morgan fingerprint density at radius 2 is 2.24 bits per heavy atom. The van der Waals surface area contributed by atoms with Gasteiger partial charge in [-0.25, -0.2) is 4.99 Å². The molecule has 0 saturated heterocycles. The van der Waals surface area contributed by atoms with Gasteiger partial charge in [0.25, 0.3) is 0 Å². The molecule has 1 aliphatic heterocycles. The first-order valence-corrected chi connectivity index (χ1v) is 6.83. The largest absolute Gasteiger partial charge is 0.496 e. The first kappa shape index (κ1) is 13.5. The predicted molar refractivity (Wildman–Crippen MR) is 84.0 cm³/mol. The van der Waals surface area contributed by atoms with Crippen LogP contribution in [0.25, 0.3) is 10.9 Å². The summed E-state index contributed by atoms with van der Waals surface area (Å²) < 4.78 is 5.43. The molecule has 6 N–H and O–H groups in total. The number of benzene rings is 1. The zero-order valence-electron chi connectivity index (χ0n) is 11.9. The quantitative estimate of drug-likeness (QED) is 0.678. The van der Waals surface area contributed by atoms with Gasteiger partial charge in [-0.05, 0) is 30.2 Å². The highest BCUT2D eigenvalue weighted by Crippen LogP contribution is 2.30. The van der Waals surface area contributed by atoms with E-state index in [1.807, 2.05) is 24.4 Å². The fraction of sp³-hybridized carbons (Fsp3) is 0.267. The van der Waals surface area contributed by atoms with E-state index in [0.717, 1.165) is 28.6 Å². The van der Waals surface area contributed by atoms with E-state index in [9.17, 15) is 0 Å². The van der Waals surface area contributed by atoms with E-state index in [0.29, 0.717) is 12.3 Å². The summed E-state index contributed by atoms with van der Waals surface area (Å²) >= 11 is 0. The first-order chi connectivity index (χ1) is 10.1. The highest BCUT2D eigenvalue weighted by atomic mass is 16.5. The minimum atomic E-state index is -0.857. The topological polar surface area (TPSA) is 101 Å². The fourth-order valence-corrected chi connectivity index (χ4v) is 2.61. The Labute approximate surface area is 122 Å². The lowest BCUT2D eigenvalue weighted by molar-refractivity contribution is 0.364. The number of amidine groups is 1. The van der Waals surface area contributed by atoms with Crippen molar-refractivity contribution in [3.8, 4) is 5.75 Å². The molecule has 110 valence electrons. The van der Waals surface area contributed by atoms with Crippen molar-refractivity contribution in [1.29, 1.82) is 0 Å². The predicted octanol–water partition coefficient (Wildman–Crippen LogP) is 1.20. The Hall–Kier alpha value is -2.47. The van der Waals surface area contributed by atoms with Gasteiger partial charge in [0, 0.05) is 29.7 Å². The highest BCUT2D eigenvalue weighted by molar-refractivity contribution is 5.92. The number of nitrogens with two attached hydrogens (primary N) is 2. The summed E-state index contributed by atoms with van der Waals surface area (Å²) in [6.07, 6.45) is 6.80. The van der Waals surface area contributed by atoms with E-state index in [1.54, 1.807) is 19.4 Å². The summed E-state index contributed by atoms with van der Waals surface area (Å²) in [5.41, 5.74) is 14.1. The minimum Gasteiger partial charge on any atom is -0.496 e. The second kappa shape index (κ2) is 5.14. The summed E-state index contributed by atoms with van der Waals surface area (Å²) in [5.74, 6) is 0.437. The zero-order chi connectivity index (χ0) is 14.9. The van der Waals surface area contributed by atoms with Crippen LogP contribution < -0.4 is 21.5 Å². The standard InChI is InChI=1S/C15H19N5O/c1-21-12-4-2-3-11-14(12)10(9-18-11)5-7-15(17)19-8-6-13(16)20-15/h2-4,6,8-9,18-19H,5,7,17H2,1H3,(H2,16,20). The Balaban J connectivity index is 1.84. The summed E-state index contributed by atoms with van der Waals surface area (Å²) in [6, 6.07) is 5.94. The van der Waals surface area contributed by atoms with Gasteiger partial charge in [-0.2, -0.15) is 0 Å². The molecule has 6 nitrogen and oxygen atoms in total. The Kier molecular flexibility index (Phi) is 3.31. The van der Waals surface area contributed by atoms with Crippen molar-refractivity contribution < 1.29 is 4.74 Å². The molecule has 2 heterocycles. The molecular formula is C15H19N5O. The van der Waals surface area contributed by atoms with E-state index in [1.165, 1.54) is 0 Å². The van der Waals surface area contributed by atoms with Gasteiger partial charge in [-0.1, -0.05) is 6.07 Å². The third kappa shape index (κ3) is 2.57. The number of hydrogen-bond donors (Lipinski definition) is 4. The molecule has 1 atom stereocenters. The van der Waals surface area contributed by atoms with Gasteiger partial charge in [0.15, 0.2) is 5.79 Å². The van der Waals surface area contributed by atoms with Crippen molar-refractivity contribution in [3.63, 3.8) is 0 Å². The van der Waals surface area contributed by atoms with E-state index >= 15 is 0 Å². The first-order valence-electron chi connectivity index (χ1n) is 6.83. The number of aromatic amines is 1. The van der Waals surface area contributed by atoms with Gasteiger partial charge in [0.1, 0.15) is 11.6 Å². The van der Waals surface area contributed by atoms with Crippen molar-refractivity contribution in [2.24, 2.45) is 16.5 Å². The maximum absolute atomic E-state index is 6.21. The monoisotopic (exact) mass is 285 g/mol. The van der Waals surface area contributed by atoms with Crippen LogP contribution in [0.3, 0.4) is 0 Å². The number of aromatic nitrogens is 1. The Morgan fingerprint density at radius 3 is 3.00 bits per heavy atom. The number of fused-ring (bicyclic) bond motifs is 1. The number of H-pyrrole nitrogens is 1. The Bertz CT molecular complexity index is 718. The Morgan fingerprint density at radius 1 is 1.38 bits per heavy atom. The molecule has 0 spiro atoms. The average Bonchev–Trinajstić information content (AvgIpc) is 2.88. The molecule has 1 unspecified atom stereocenters. The van der Waals surface area contributed by atoms with Crippen molar-refractivity contribution in [1.82, 2.24) is 10.3 Å². The SMILES string of the molecule is COc1cccc2[nH]cc(CCC3(N)N=C(N)C=CN3)c12. The molecule has 0 bridgehead atoms. The van der Waals surface area contributed by atoms with Gasteiger partial charge in [-0.15, -0.1) is 0 Å². The molecular weight excluding hydrogens is 266 g/mol. The van der Waals surface area contributed by atoms with Crippen LogP contribution in [0.5, 0.6) is 5.75 Å². The smallest absolute Gasteiger partial charge is 0.184 e. The van der Waals surface area contributed by atoms with Gasteiger partial charge in [-0.3, -0.25) is 5.73 Å². The van der Waals surface area contributed by atoms with Crippen molar-refractivity contribution in [2.45, 2.75) is 18.6 Å². The third-order valence-electron chi connectivity index (χ3n) is 3.66. The normalized spacial score (nSPS) is 21.1. The maximum Gasteiger partial charge on any atom is 0.184 e. The van der Waals surface area contributed by atoms with Crippen LogP contribution in [-0.4, -0.2) is 23.7 Å². The summed E-state index contributed by atoms with van der Waals surface area (Å²) in [4.78, 5) is 7.53. The molecule has 6 heteroatoms. The molecule has 1 aromatic carbocycles. The minimum absolute atomic E-state index is 0.438. The van der Waals surface area contributed by atoms with Crippen molar-refractivity contribution in [3.05, 3.63) is 42.2 Å². The van der Waals surface area contributed by atoms with Gasteiger partial charge in [0.05, 0.1) is 7.11 Å². The van der Waals surface area contributed by atoms with Crippen LogP contribution in [0.2, 0.25) is 0 Å². The molecule has 0 radical (unpaired) electrons. The number of methoxy groups -OCH3 is 1. The molecule has 0 amide bonds. The van der Waals surface area contributed by atoms with Crippen molar-refractivity contribution in [2.75, 3.05) is 7.11 Å². The number of rotatable bonds is 4. The number of aliphatic imine (C=N–C) groups is 1. The van der Waals surface area contributed by atoms with Crippen LogP contribution in [-0.2, 0) is 6.42 Å². The lowest BCUT2D eigenvalue weighted by atomic mass is 10.0. The fourth-order valence-electron chi connectivity index (χ4n) is 2.61. The number of nitrogens with zero attached hydrogens (tertiary/aromatic N) is 1. The zero-order valence-corrected chi connectivity index (χ0v) is 11.9. The molecule has 2 aromatic rings. The average molecular weight is 285 g/mol. The lowest BCUT2D eigenvalue weighted by Gasteiger charge is -2.28. The summed E-state index contributed by atoms with van der Waals surface area (Å²) in [6.45, 7) is 0. The number of hydrogen-bond acceptors (Lipinski definition) is 5. The summed E-state index contributed by atoms with van der Waals surface area (Å²) in [7, 11) is 1.68. The highest BCUT2D eigenvalue weighted by Gasteiger charge is 2.25. The van der Waals surface area contributed by atoms with Gasteiger partial charge >= 0.3 is 0 Å². The van der Waals surface area contributed by atoms with Gasteiger partial charge < -0.3 is 20.8 Å². The van der Waals surface area contributed by atoms with Crippen LogP contribution in [0.4, 0.5) is 0 Å². The molecule has 1 aliphatic rings. The molecule has 0 aliphatic carbocycles. The number of ether oxygens (including phenoxy) is 1. The van der Waals surface area contributed by atoms with E-state index in [2.05, 4.69) is 15.3 Å². The van der Waals surface area contributed by atoms with Crippen LogP contribution >= 0.6 is 0 Å². The second-order valence-electron chi connectivity index (χ2n) is 5.14. The van der Waals surface area contributed by atoms with E-state index < -0.39 is 5.79 Å². The molecule has 3 rings (SSSR count). The van der Waals surface area contributed by atoms with Gasteiger partial charge in [0.2, 0.25) is 0 Å². The number of aryl methyl sites for hydroxylation is 1. The molecule has 0 saturated carbocycles. The van der Waals surface area contributed by atoms with Crippen molar-refractivity contribution >= 4 is 16.7 Å². The van der Waals surface area contributed by atoms with E-state index in [4.69, 9.17) is 16.2 Å². The van der Waals surface area contributed by atoms with Crippen LogP contribution in [0.1, 0.15) is 12.0 Å². The third-order valence-corrected chi connectivity index (χ3v) is 3.66. The summed E-state index contributed by atoms with van der Waals surface area (Å²) in [5, 5.41) is 4.14. The van der Waals surface area contributed by atoms with Crippen LogP contribution in [0, 0.1) is 0 Å². The molecule has 21 heavy (non-hydrogen) atoms. The second-order valence-corrected chi connectivity index (χ2v) is 5.14. The maximum atomic E-state index is 6.21. The molecule has 0 fully saturated rings. The lowest BCUT2D eigenvalue weighted by Crippen LogP contribution is -2.52.